The number of guanidine groups is 1. The standard InChI is InChI=1S/C18H29N3O4S.HI/c1-6-19-17(21-10-11-26(22,23)18(2,3)13-21)20-12-14-8-7-9-15(24-4)16(14)25-5;/h7-9H,6,10-13H2,1-5H3,(H,19,20);1H. The first-order valence-corrected chi connectivity index (χ1v) is 10.4. The van der Waals surface area contributed by atoms with Gasteiger partial charge >= 0.3 is 0 Å². The molecule has 0 unspecified atom stereocenters. The Labute approximate surface area is 179 Å². The molecule has 0 spiro atoms. The van der Waals surface area contributed by atoms with Crippen molar-refractivity contribution in [2.24, 2.45) is 4.99 Å². The lowest BCUT2D eigenvalue weighted by Gasteiger charge is -2.39. The van der Waals surface area contributed by atoms with Crippen molar-refractivity contribution in [2.75, 3.05) is 39.6 Å². The molecule has 1 aromatic carbocycles. The first-order valence-electron chi connectivity index (χ1n) is 8.71. The third kappa shape index (κ3) is 5.40. The SMILES string of the molecule is CCNC(=NCc1cccc(OC)c1OC)N1CCS(=O)(=O)C(C)(C)C1.I. The zero-order valence-corrected chi connectivity index (χ0v) is 19.8. The van der Waals surface area contributed by atoms with Gasteiger partial charge in [-0.3, -0.25) is 0 Å². The predicted octanol–water partition coefficient (Wildman–Crippen LogP) is 2.30. The number of benzene rings is 1. The fourth-order valence-corrected chi connectivity index (χ4v) is 4.35. The van der Waals surface area contributed by atoms with Crippen molar-refractivity contribution >= 4 is 39.8 Å². The number of nitrogens with zero attached hydrogens (tertiary/aromatic N) is 2. The highest BCUT2D eigenvalue weighted by Gasteiger charge is 2.40. The van der Waals surface area contributed by atoms with E-state index < -0.39 is 14.6 Å². The number of hydrogen-bond acceptors (Lipinski definition) is 5. The molecule has 0 saturated carbocycles. The molecule has 0 amide bonds. The van der Waals surface area contributed by atoms with Crippen molar-refractivity contribution in [1.82, 2.24) is 10.2 Å². The van der Waals surface area contributed by atoms with Gasteiger partial charge in [-0.25, -0.2) is 13.4 Å². The Kier molecular flexibility index (Phi) is 8.65. The molecule has 1 aliphatic rings. The number of halogens is 1. The average Bonchev–Trinajstić information content (AvgIpc) is 2.60. The van der Waals surface area contributed by atoms with Crippen LogP contribution in [-0.4, -0.2) is 63.6 Å². The van der Waals surface area contributed by atoms with Crippen LogP contribution in [0.4, 0.5) is 0 Å². The number of hydrogen-bond donors (Lipinski definition) is 1. The summed E-state index contributed by atoms with van der Waals surface area (Å²) in [5.41, 5.74) is 0.908. The summed E-state index contributed by atoms with van der Waals surface area (Å²) in [6, 6.07) is 5.68. The normalized spacial score (nSPS) is 18.4. The minimum Gasteiger partial charge on any atom is -0.493 e. The summed E-state index contributed by atoms with van der Waals surface area (Å²) in [4.78, 5) is 6.72. The number of sulfone groups is 1. The largest absolute Gasteiger partial charge is 0.493 e. The van der Waals surface area contributed by atoms with Gasteiger partial charge in [0.15, 0.2) is 27.3 Å². The lowest BCUT2D eigenvalue weighted by Crippen LogP contribution is -2.57. The van der Waals surface area contributed by atoms with Crippen LogP contribution in [0.5, 0.6) is 11.5 Å². The highest BCUT2D eigenvalue weighted by Crippen LogP contribution is 2.31. The molecule has 0 radical (unpaired) electrons. The molecule has 0 aromatic heterocycles. The van der Waals surface area contributed by atoms with Crippen molar-refractivity contribution in [3.63, 3.8) is 0 Å². The van der Waals surface area contributed by atoms with Crippen molar-refractivity contribution < 1.29 is 17.9 Å². The third-order valence-corrected chi connectivity index (χ3v) is 7.09. The summed E-state index contributed by atoms with van der Waals surface area (Å²) in [5, 5.41) is 3.26. The van der Waals surface area contributed by atoms with Crippen LogP contribution in [0.25, 0.3) is 0 Å². The minimum atomic E-state index is -3.09. The second kappa shape index (κ2) is 9.81. The maximum atomic E-state index is 12.2. The fourth-order valence-electron chi connectivity index (χ4n) is 2.99. The van der Waals surface area contributed by atoms with Crippen molar-refractivity contribution in [3.8, 4) is 11.5 Å². The minimum absolute atomic E-state index is 0. The Morgan fingerprint density at radius 3 is 2.56 bits per heavy atom. The molecule has 0 atom stereocenters. The summed E-state index contributed by atoms with van der Waals surface area (Å²) in [6.45, 7) is 7.49. The fraction of sp³-hybridized carbons (Fsp3) is 0.611. The maximum Gasteiger partial charge on any atom is 0.194 e. The topological polar surface area (TPSA) is 80.2 Å². The van der Waals surface area contributed by atoms with Crippen LogP contribution in [0.1, 0.15) is 26.3 Å². The van der Waals surface area contributed by atoms with E-state index in [-0.39, 0.29) is 29.7 Å². The number of para-hydroxylation sites is 1. The van der Waals surface area contributed by atoms with Gasteiger partial charge in [0.1, 0.15) is 0 Å². The van der Waals surface area contributed by atoms with E-state index in [0.717, 1.165) is 5.56 Å². The van der Waals surface area contributed by atoms with Crippen LogP contribution >= 0.6 is 24.0 Å². The molecule has 7 nitrogen and oxygen atoms in total. The van der Waals surface area contributed by atoms with E-state index in [1.54, 1.807) is 28.1 Å². The average molecular weight is 511 g/mol. The molecule has 1 fully saturated rings. The van der Waals surface area contributed by atoms with E-state index in [4.69, 9.17) is 14.5 Å². The molecule has 0 aliphatic carbocycles. The molecule has 27 heavy (non-hydrogen) atoms. The van der Waals surface area contributed by atoms with Gasteiger partial charge in [-0.1, -0.05) is 12.1 Å². The molecule has 1 heterocycles. The van der Waals surface area contributed by atoms with Crippen LogP contribution < -0.4 is 14.8 Å². The van der Waals surface area contributed by atoms with Crippen LogP contribution in [0, 0.1) is 0 Å². The first-order chi connectivity index (χ1) is 12.3. The van der Waals surface area contributed by atoms with Crippen molar-refractivity contribution in [1.29, 1.82) is 0 Å². The third-order valence-electron chi connectivity index (χ3n) is 4.56. The van der Waals surface area contributed by atoms with E-state index in [1.807, 2.05) is 30.0 Å². The summed E-state index contributed by atoms with van der Waals surface area (Å²) in [6.07, 6.45) is 0. The number of methoxy groups -OCH3 is 2. The molecule has 1 N–H and O–H groups in total. The summed E-state index contributed by atoms with van der Waals surface area (Å²) >= 11 is 0. The Bertz CT molecular complexity index is 766. The van der Waals surface area contributed by atoms with E-state index in [9.17, 15) is 8.42 Å². The lowest BCUT2D eigenvalue weighted by atomic mass is 10.2. The predicted molar refractivity (Wildman–Crippen MR) is 119 cm³/mol. The molecule has 2 rings (SSSR count). The molecule has 0 bridgehead atoms. The molecule has 1 saturated heterocycles. The Morgan fingerprint density at radius 1 is 1.30 bits per heavy atom. The monoisotopic (exact) mass is 511 g/mol. The van der Waals surface area contributed by atoms with Gasteiger partial charge in [-0.2, -0.15) is 0 Å². The molecule has 1 aromatic rings. The van der Waals surface area contributed by atoms with Crippen molar-refractivity contribution in [3.05, 3.63) is 23.8 Å². The molecular formula is C18H30IN3O4S. The lowest BCUT2D eigenvalue weighted by molar-refractivity contribution is 0.349. The van der Waals surface area contributed by atoms with Gasteiger partial charge in [0.05, 0.1) is 31.3 Å². The van der Waals surface area contributed by atoms with Gasteiger partial charge in [0.2, 0.25) is 0 Å². The second-order valence-corrected chi connectivity index (χ2v) is 9.57. The van der Waals surface area contributed by atoms with Crippen LogP contribution in [0.2, 0.25) is 0 Å². The number of aliphatic imine (C=N–C) groups is 1. The Morgan fingerprint density at radius 2 is 2.00 bits per heavy atom. The van der Waals surface area contributed by atoms with Gasteiger partial charge < -0.3 is 19.7 Å². The smallest absolute Gasteiger partial charge is 0.194 e. The summed E-state index contributed by atoms with van der Waals surface area (Å²) in [7, 11) is 0.118. The zero-order valence-electron chi connectivity index (χ0n) is 16.6. The second-order valence-electron chi connectivity index (χ2n) is 6.82. The van der Waals surface area contributed by atoms with Gasteiger partial charge in [0.25, 0.3) is 0 Å². The van der Waals surface area contributed by atoms with Gasteiger partial charge in [0, 0.05) is 25.2 Å². The highest BCUT2D eigenvalue weighted by molar-refractivity contribution is 14.0. The van der Waals surface area contributed by atoms with Crippen LogP contribution in [0.15, 0.2) is 23.2 Å². The Hall–Kier alpha value is -1.23. The maximum absolute atomic E-state index is 12.2. The molecular weight excluding hydrogens is 481 g/mol. The molecule has 1 aliphatic heterocycles. The number of nitrogens with one attached hydrogen (secondary N) is 1. The summed E-state index contributed by atoms with van der Waals surface area (Å²) in [5.74, 6) is 2.17. The number of rotatable bonds is 5. The van der Waals surface area contributed by atoms with E-state index >= 15 is 0 Å². The first kappa shape index (κ1) is 23.8. The molecule has 9 heteroatoms. The van der Waals surface area contributed by atoms with Crippen LogP contribution in [0.3, 0.4) is 0 Å². The van der Waals surface area contributed by atoms with E-state index in [1.165, 1.54) is 0 Å². The van der Waals surface area contributed by atoms with Gasteiger partial charge in [-0.05, 0) is 26.8 Å². The zero-order chi connectivity index (χ0) is 19.4. The Balaban J connectivity index is 0.00000364. The highest BCUT2D eigenvalue weighted by atomic mass is 127. The van der Waals surface area contributed by atoms with Crippen molar-refractivity contribution in [2.45, 2.75) is 32.1 Å². The van der Waals surface area contributed by atoms with E-state index in [2.05, 4.69) is 5.32 Å². The molecule has 154 valence electrons. The van der Waals surface area contributed by atoms with Gasteiger partial charge in [-0.15, -0.1) is 24.0 Å². The number of ether oxygens (including phenoxy) is 2. The summed E-state index contributed by atoms with van der Waals surface area (Å²) < 4.78 is 34.5. The van der Waals surface area contributed by atoms with E-state index in [0.29, 0.717) is 43.6 Å². The van der Waals surface area contributed by atoms with Crippen LogP contribution in [-0.2, 0) is 16.4 Å². The quantitative estimate of drug-likeness (QED) is 0.372.